The van der Waals surface area contributed by atoms with Crippen molar-refractivity contribution in [2.24, 2.45) is 10.7 Å². The fourth-order valence-corrected chi connectivity index (χ4v) is 2.43. The summed E-state index contributed by atoms with van der Waals surface area (Å²) in [6, 6.07) is 0. The van der Waals surface area contributed by atoms with Gasteiger partial charge in [-0.05, 0) is 19.3 Å². The Balaban J connectivity index is 0.00000242. The minimum Gasteiger partial charge on any atom is -0.370 e. The first kappa shape index (κ1) is 19.2. The van der Waals surface area contributed by atoms with Crippen molar-refractivity contribution < 1.29 is 4.52 Å². The minimum atomic E-state index is 0. The summed E-state index contributed by atoms with van der Waals surface area (Å²) in [5, 5.41) is 3.96. The standard InChI is InChI=1S/C15H27N5O.HI/c1-12(2)14-18-13(21-19-14)8-7-9-17-15(16)20-10-5-3-4-6-11-20;/h12H,3-11H2,1-2H3,(H2,16,17);1H. The summed E-state index contributed by atoms with van der Waals surface area (Å²) in [4.78, 5) is 11.0. The van der Waals surface area contributed by atoms with Gasteiger partial charge < -0.3 is 15.2 Å². The largest absolute Gasteiger partial charge is 0.370 e. The van der Waals surface area contributed by atoms with E-state index in [0.717, 1.165) is 31.8 Å². The van der Waals surface area contributed by atoms with Gasteiger partial charge in [-0.15, -0.1) is 24.0 Å². The van der Waals surface area contributed by atoms with Crippen LogP contribution in [0.1, 0.15) is 63.6 Å². The highest BCUT2D eigenvalue weighted by molar-refractivity contribution is 14.0. The predicted octanol–water partition coefficient (Wildman–Crippen LogP) is 2.93. The van der Waals surface area contributed by atoms with Crippen LogP contribution in [0.15, 0.2) is 9.52 Å². The van der Waals surface area contributed by atoms with Crippen molar-refractivity contribution in [3.8, 4) is 0 Å². The molecule has 1 aromatic heterocycles. The lowest BCUT2D eigenvalue weighted by Gasteiger charge is -2.20. The predicted molar refractivity (Wildman–Crippen MR) is 98.7 cm³/mol. The summed E-state index contributed by atoms with van der Waals surface area (Å²) in [6.07, 6.45) is 6.69. The quantitative estimate of drug-likeness (QED) is 0.342. The Kier molecular flexibility index (Phi) is 8.74. The van der Waals surface area contributed by atoms with E-state index in [-0.39, 0.29) is 24.0 Å². The fraction of sp³-hybridized carbons (Fsp3) is 0.800. The van der Waals surface area contributed by atoms with Crippen LogP contribution in [0.2, 0.25) is 0 Å². The van der Waals surface area contributed by atoms with Gasteiger partial charge in [-0.3, -0.25) is 4.99 Å². The van der Waals surface area contributed by atoms with Crippen LogP contribution in [0.4, 0.5) is 0 Å². The first-order valence-corrected chi connectivity index (χ1v) is 8.04. The van der Waals surface area contributed by atoms with Crippen LogP contribution in [-0.2, 0) is 6.42 Å². The number of aryl methyl sites for hydroxylation is 1. The summed E-state index contributed by atoms with van der Waals surface area (Å²) >= 11 is 0. The number of rotatable bonds is 5. The normalized spacial score (nSPS) is 16.5. The van der Waals surface area contributed by atoms with E-state index in [0.29, 0.717) is 24.3 Å². The third-order valence-electron chi connectivity index (χ3n) is 3.75. The van der Waals surface area contributed by atoms with E-state index in [2.05, 4.69) is 33.9 Å². The van der Waals surface area contributed by atoms with Crippen molar-refractivity contribution >= 4 is 29.9 Å². The second-order valence-corrected chi connectivity index (χ2v) is 5.95. The van der Waals surface area contributed by atoms with Gasteiger partial charge in [0, 0.05) is 32.0 Å². The van der Waals surface area contributed by atoms with E-state index >= 15 is 0 Å². The maximum Gasteiger partial charge on any atom is 0.226 e. The first-order chi connectivity index (χ1) is 10.2. The number of halogens is 1. The SMILES string of the molecule is CC(C)c1noc(CCCN=C(N)N2CCCCCC2)n1.I. The Labute approximate surface area is 149 Å². The molecule has 0 atom stereocenters. The average molecular weight is 421 g/mol. The molecule has 6 nitrogen and oxygen atoms in total. The van der Waals surface area contributed by atoms with E-state index in [9.17, 15) is 0 Å². The number of aliphatic imine (C=N–C) groups is 1. The lowest BCUT2D eigenvalue weighted by atomic mass is 10.2. The van der Waals surface area contributed by atoms with E-state index in [1.807, 2.05) is 0 Å². The van der Waals surface area contributed by atoms with Gasteiger partial charge in [-0.2, -0.15) is 4.98 Å². The molecule has 1 aromatic rings. The molecule has 22 heavy (non-hydrogen) atoms. The third-order valence-corrected chi connectivity index (χ3v) is 3.75. The Morgan fingerprint density at radius 3 is 2.55 bits per heavy atom. The Bertz CT molecular complexity index is 453. The molecule has 0 saturated carbocycles. The topological polar surface area (TPSA) is 80.5 Å². The molecule has 0 spiro atoms. The molecule has 0 aliphatic carbocycles. The van der Waals surface area contributed by atoms with Crippen LogP contribution in [0, 0.1) is 0 Å². The number of likely N-dealkylation sites (tertiary alicyclic amines) is 1. The van der Waals surface area contributed by atoms with Crippen molar-refractivity contribution in [2.45, 2.75) is 58.3 Å². The molecule has 1 fully saturated rings. The van der Waals surface area contributed by atoms with Crippen LogP contribution in [0.5, 0.6) is 0 Å². The molecule has 2 rings (SSSR count). The maximum absolute atomic E-state index is 6.07. The number of nitrogens with zero attached hydrogens (tertiary/aromatic N) is 4. The van der Waals surface area contributed by atoms with Gasteiger partial charge in [-0.25, -0.2) is 0 Å². The van der Waals surface area contributed by atoms with E-state index in [1.165, 1.54) is 25.7 Å². The van der Waals surface area contributed by atoms with Crippen molar-refractivity contribution in [1.29, 1.82) is 0 Å². The van der Waals surface area contributed by atoms with Crippen molar-refractivity contribution in [1.82, 2.24) is 15.0 Å². The summed E-state index contributed by atoms with van der Waals surface area (Å²) in [5.41, 5.74) is 6.07. The Hall–Kier alpha value is -0.860. The molecule has 1 aliphatic rings. The zero-order chi connectivity index (χ0) is 15.1. The number of nitrogens with two attached hydrogens (primary N) is 1. The summed E-state index contributed by atoms with van der Waals surface area (Å²) in [5.74, 6) is 2.46. The van der Waals surface area contributed by atoms with Crippen molar-refractivity contribution in [3.05, 3.63) is 11.7 Å². The molecule has 0 bridgehead atoms. The van der Waals surface area contributed by atoms with Crippen molar-refractivity contribution in [3.63, 3.8) is 0 Å². The second-order valence-electron chi connectivity index (χ2n) is 5.95. The molecule has 2 heterocycles. The fourth-order valence-electron chi connectivity index (χ4n) is 2.43. The molecule has 0 unspecified atom stereocenters. The number of aromatic nitrogens is 2. The summed E-state index contributed by atoms with van der Waals surface area (Å²) < 4.78 is 5.21. The van der Waals surface area contributed by atoms with Crippen LogP contribution >= 0.6 is 24.0 Å². The maximum atomic E-state index is 6.07. The zero-order valence-electron chi connectivity index (χ0n) is 13.6. The summed E-state index contributed by atoms with van der Waals surface area (Å²) in [7, 11) is 0. The van der Waals surface area contributed by atoms with Gasteiger partial charge >= 0.3 is 0 Å². The molecule has 1 aliphatic heterocycles. The van der Waals surface area contributed by atoms with Crippen LogP contribution in [-0.4, -0.2) is 40.6 Å². The van der Waals surface area contributed by atoms with E-state index in [4.69, 9.17) is 10.3 Å². The lowest BCUT2D eigenvalue weighted by molar-refractivity contribution is 0.369. The molecule has 1 saturated heterocycles. The Morgan fingerprint density at radius 2 is 1.95 bits per heavy atom. The van der Waals surface area contributed by atoms with Crippen LogP contribution < -0.4 is 5.73 Å². The van der Waals surface area contributed by atoms with Gasteiger partial charge in [0.25, 0.3) is 0 Å². The molecular formula is C15H28IN5O. The lowest BCUT2D eigenvalue weighted by Crippen LogP contribution is -2.38. The first-order valence-electron chi connectivity index (χ1n) is 8.04. The highest BCUT2D eigenvalue weighted by atomic mass is 127. The average Bonchev–Trinajstić information content (AvgIpc) is 2.77. The molecule has 0 amide bonds. The second kappa shape index (κ2) is 10.0. The molecular weight excluding hydrogens is 393 g/mol. The molecule has 2 N–H and O–H groups in total. The van der Waals surface area contributed by atoms with Crippen LogP contribution in [0.25, 0.3) is 0 Å². The van der Waals surface area contributed by atoms with E-state index in [1.54, 1.807) is 0 Å². The molecule has 0 aromatic carbocycles. The number of hydrogen-bond acceptors (Lipinski definition) is 4. The van der Waals surface area contributed by atoms with Crippen LogP contribution in [0.3, 0.4) is 0 Å². The van der Waals surface area contributed by atoms with Gasteiger partial charge in [0.15, 0.2) is 11.8 Å². The smallest absolute Gasteiger partial charge is 0.226 e. The molecule has 126 valence electrons. The van der Waals surface area contributed by atoms with Gasteiger partial charge in [0.05, 0.1) is 0 Å². The zero-order valence-corrected chi connectivity index (χ0v) is 16.0. The molecule has 7 heteroatoms. The van der Waals surface area contributed by atoms with Gasteiger partial charge in [-0.1, -0.05) is 31.8 Å². The number of hydrogen-bond donors (Lipinski definition) is 1. The highest BCUT2D eigenvalue weighted by Crippen LogP contribution is 2.11. The third kappa shape index (κ3) is 6.10. The number of guanidine groups is 1. The van der Waals surface area contributed by atoms with Gasteiger partial charge in [0.2, 0.25) is 5.89 Å². The summed E-state index contributed by atoms with van der Waals surface area (Å²) in [6.45, 7) is 6.90. The monoisotopic (exact) mass is 421 g/mol. The Morgan fingerprint density at radius 1 is 1.27 bits per heavy atom. The molecule has 0 radical (unpaired) electrons. The van der Waals surface area contributed by atoms with Crippen molar-refractivity contribution in [2.75, 3.05) is 19.6 Å². The van der Waals surface area contributed by atoms with Gasteiger partial charge in [0.1, 0.15) is 0 Å². The minimum absolute atomic E-state index is 0. The highest BCUT2D eigenvalue weighted by Gasteiger charge is 2.11. The van der Waals surface area contributed by atoms with E-state index < -0.39 is 0 Å².